The van der Waals surface area contributed by atoms with Crippen molar-refractivity contribution in [2.75, 3.05) is 0 Å². The Morgan fingerprint density at radius 1 is 1.06 bits per heavy atom. The van der Waals surface area contributed by atoms with Crippen LogP contribution in [0.25, 0.3) is 10.9 Å². The summed E-state index contributed by atoms with van der Waals surface area (Å²) in [6.07, 6.45) is 3.11. The highest BCUT2D eigenvalue weighted by molar-refractivity contribution is 9.10. The zero-order chi connectivity index (χ0) is 12.4. The summed E-state index contributed by atoms with van der Waals surface area (Å²) in [5, 5.41) is 5.76. The number of hydrogen-bond acceptors (Lipinski definition) is 1. The van der Waals surface area contributed by atoms with Crippen LogP contribution in [0.2, 0.25) is 0 Å². The van der Waals surface area contributed by atoms with E-state index in [1.54, 1.807) is 0 Å². The molecule has 0 atom stereocenters. The van der Waals surface area contributed by atoms with Gasteiger partial charge in [-0.3, -0.25) is 4.68 Å². The van der Waals surface area contributed by atoms with Crippen molar-refractivity contribution < 1.29 is 0 Å². The number of hydrogen-bond donors (Lipinski definition) is 0. The van der Waals surface area contributed by atoms with E-state index >= 15 is 0 Å². The van der Waals surface area contributed by atoms with Crippen LogP contribution < -0.4 is 0 Å². The Morgan fingerprint density at radius 2 is 1.89 bits per heavy atom. The number of aryl methyl sites for hydroxylation is 2. The highest BCUT2D eigenvalue weighted by Crippen LogP contribution is 2.18. The zero-order valence-corrected chi connectivity index (χ0v) is 11.5. The minimum absolute atomic E-state index is 0.913. The Bertz CT molecular complexity index is 659. The summed E-state index contributed by atoms with van der Waals surface area (Å²) < 4.78 is 3.09. The Labute approximate surface area is 114 Å². The molecule has 0 amide bonds. The normalized spacial score (nSPS) is 10.9. The second-order valence-corrected chi connectivity index (χ2v) is 5.25. The van der Waals surface area contributed by atoms with Crippen LogP contribution in [0.3, 0.4) is 0 Å². The van der Waals surface area contributed by atoms with E-state index in [1.165, 1.54) is 10.9 Å². The first-order valence-corrected chi connectivity index (χ1v) is 6.77. The topological polar surface area (TPSA) is 17.8 Å². The molecule has 0 aliphatic carbocycles. The summed E-state index contributed by atoms with van der Waals surface area (Å²) >= 11 is 3.47. The molecule has 1 heterocycles. The van der Waals surface area contributed by atoms with Gasteiger partial charge in [0.05, 0.1) is 5.52 Å². The van der Waals surface area contributed by atoms with Crippen LogP contribution in [0, 0.1) is 0 Å². The Hall–Kier alpha value is -1.61. The molecule has 0 aliphatic heterocycles. The molecular weight excluding hydrogens is 288 g/mol. The maximum absolute atomic E-state index is 4.58. The molecule has 0 unspecified atom stereocenters. The highest BCUT2D eigenvalue weighted by atomic mass is 79.9. The lowest BCUT2D eigenvalue weighted by atomic mass is 10.1. The van der Waals surface area contributed by atoms with E-state index in [-0.39, 0.29) is 0 Å². The summed E-state index contributed by atoms with van der Waals surface area (Å²) in [4.78, 5) is 0. The summed E-state index contributed by atoms with van der Waals surface area (Å²) in [5.74, 6) is 0. The molecule has 90 valence electrons. The third kappa shape index (κ3) is 2.46. The molecule has 0 radical (unpaired) electrons. The molecular formula is C15H13BrN2. The third-order valence-electron chi connectivity index (χ3n) is 2.99. The number of benzene rings is 2. The fourth-order valence-electron chi connectivity index (χ4n) is 2.04. The van der Waals surface area contributed by atoms with Crippen molar-refractivity contribution >= 4 is 26.8 Å². The van der Waals surface area contributed by atoms with Crippen LogP contribution in [-0.4, -0.2) is 9.78 Å². The van der Waals surface area contributed by atoms with Gasteiger partial charge in [-0.1, -0.05) is 52.3 Å². The molecule has 0 fully saturated rings. The lowest BCUT2D eigenvalue weighted by Crippen LogP contribution is -2.01. The first kappa shape index (κ1) is 11.5. The summed E-state index contributed by atoms with van der Waals surface area (Å²) in [6, 6.07) is 16.7. The van der Waals surface area contributed by atoms with Crippen molar-refractivity contribution in [2.45, 2.75) is 13.0 Å². The van der Waals surface area contributed by atoms with E-state index < -0.39 is 0 Å². The predicted molar refractivity (Wildman–Crippen MR) is 77.6 cm³/mol. The van der Waals surface area contributed by atoms with Gasteiger partial charge in [-0.15, -0.1) is 0 Å². The Morgan fingerprint density at radius 3 is 2.72 bits per heavy atom. The summed E-state index contributed by atoms with van der Waals surface area (Å²) in [5.41, 5.74) is 2.38. The van der Waals surface area contributed by atoms with E-state index in [2.05, 4.69) is 57.6 Å². The highest BCUT2D eigenvalue weighted by Gasteiger charge is 2.01. The van der Waals surface area contributed by atoms with Crippen LogP contribution in [0.4, 0.5) is 0 Å². The molecule has 3 rings (SSSR count). The fraction of sp³-hybridized carbons (Fsp3) is 0.133. The minimum atomic E-state index is 0.913. The van der Waals surface area contributed by atoms with Gasteiger partial charge in [0.15, 0.2) is 0 Å². The molecule has 18 heavy (non-hydrogen) atoms. The van der Waals surface area contributed by atoms with Crippen molar-refractivity contribution in [3.05, 3.63) is 64.8 Å². The molecule has 0 N–H and O–H groups in total. The van der Waals surface area contributed by atoms with Gasteiger partial charge in [-0.25, -0.2) is 0 Å². The smallest absolute Gasteiger partial charge is 0.0934 e. The van der Waals surface area contributed by atoms with Crippen LogP contribution in [0.5, 0.6) is 0 Å². The molecule has 1 aromatic heterocycles. The van der Waals surface area contributed by atoms with Crippen LogP contribution in [0.1, 0.15) is 5.56 Å². The maximum atomic E-state index is 4.58. The van der Waals surface area contributed by atoms with E-state index in [9.17, 15) is 0 Å². The molecule has 3 heteroatoms. The number of aromatic nitrogens is 2. The second-order valence-electron chi connectivity index (χ2n) is 4.33. The largest absolute Gasteiger partial charge is 0.271 e. The molecule has 3 aromatic rings. The Kier molecular flexibility index (Phi) is 3.15. The van der Waals surface area contributed by atoms with Crippen LogP contribution >= 0.6 is 15.9 Å². The number of halogens is 1. The van der Waals surface area contributed by atoms with Crippen molar-refractivity contribution in [2.24, 2.45) is 0 Å². The predicted octanol–water partition coefficient (Wildman–Crippen LogP) is 4.04. The first-order chi connectivity index (χ1) is 8.81. The summed E-state index contributed by atoms with van der Waals surface area (Å²) in [7, 11) is 0. The van der Waals surface area contributed by atoms with Crippen LogP contribution in [0.15, 0.2) is 59.2 Å². The van der Waals surface area contributed by atoms with E-state index in [0.29, 0.717) is 0 Å². The molecule has 0 aliphatic rings. The lowest BCUT2D eigenvalue weighted by Gasteiger charge is -2.01. The summed E-state index contributed by atoms with van der Waals surface area (Å²) in [6.45, 7) is 0.913. The molecule has 0 bridgehead atoms. The van der Waals surface area contributed by atoms with Gasteiger partial charge in [0.2, 0.25) is 0 Å². The SMILES string of the molecule is Brc1ccc2cn(CCc3ccccc3)nc2c1. The average Bonchev–Trinajstić information content (AvgIpc) is 2.79. The number of rotatable bonds is 3. The second kappa shape index (κ2) is 4.94. The van der Waals surface area contributed by atoms with Crippen molar-refractivity contribution in [1.82, 2.24) is 9.78 Å². The van der Waals surface area contributed by atoms with Crippen molar-refractivity contribution in [1.29, 1.82) is 0 Å². The number of fused-ring (bicyclic) bond motifs is 1. The monoisotopic (exact) mass is 300 g/mol. The van der Waals surface area contributed by atoms with Crippen LogP contribution in [-0.2, 0) is 13.0 Å². The zero-order valence-electron chi connectivity index (χ0n) is 9.88. The fourth-order valence-corrected chi connectivity index (χ4v) is 2.39. The quantitative estimate of drug-likeness (QED) is 0.714. The average molecular weight is 301 g/mol. The van der Waals surface area contributed by atoms with Gasteiger partial charge < -0.3 is 0 Å². The lowest BCUT2D eigenvalue weighted by molar-refractivity contribution is 0.621. The maximum Gasteiger partial charge on any atom is 0.0934 e. The minimum Gasteiger partial charge on any atom is -0.271 e. The van der Waals surface area contributed by atoms with E-state index in [1.807, 2.05) is 22.9 Å². The van der Waals surface area contributed by atoms with Gasteiger partial charge in [-0.05, 0) is 24.1 Å². The molecule has 2 aromatic carbocycles. The third-order valence-corrected chi connectivity index (χ3v) is 3.48. The Balaban J connectivity index is 1.79. The molecule has 0 saturated heterocycles. The molecule has 0 spiro atoms. The molecule has 2 nitrogen and oxygen atoms in total. The van der Waals surface area contributed by atoms with E-state index in [4.69, 9.17) is 0 Å². The van der Waals surface area contributed by atoms with Gasteiger partial charge in [0, 0.05) is 22.6 Å². The number of nitrogens with zero attached hydrogens (tertiary/aromatic N) is 2. The van der Waals surface area contributed by atoms with Gasteiger partial charge >= 0.3 is 0 Å². The van der Waals surface area contributed by atoms with Gasteiger partial charge in [0.25, 0.3) is 0 Å². The van der Waals surface area contributed by atoms with Gasteiger partial charge in [-0.2, -0.15) is 5.10 Å². The first-order valence-electron chi connectivity index (χ1n) is 5.98. The standard InChI is InChI=1S/C15H13BrN2/c16-14-7-6-13-11-18(17-15(13)10-14)9-8-12-4-2-1-3-5-12/h1-7,10-11H,8-9H2. The molecule has 0 saturated carbocycles. The van der Waals surface area contributed by atoms with E-state index in [0.717, 1.165) is 23.0 Å². The van der Waals surface area contributed by atoms with Crippen molar-refractivity contribution in [3.63, 3.8) is 0 Å². The van der Waals surface area contributed by atoms with Gasteiger partial charge in [0.1, 0.15) is 0 Å². The van der Waals surface area contributed by atoms with Crippen molar-refractivity contribution in [3.8, 4) is 0 Å².